The predicted octanol–water partition coefficient (Wildman–Crippen LogP) is 26.0. The second-order valence-corrected chi connectivity index (χ2v) is 34.0. The standard InChI is InChI=1S/C85H166O17P2/c1-6-9-12-15-18-21-23-25-27-29-31-33-35-37-39-41-43-45-50-55-60-65-70-84(89)101-81(75-96-83(88)69-64-59-54-49-44-42-40-38-36-34-32-30-28-26-24-22-19-16-13-10-7-2)77-100-104(93,94)98-73-79(86)72-97-103(91,92)99-76-80(74-95-82(87)68-63-58-53-47-20-17-14-11-8-3)102-85(90)71-66-61-56-51-46-48-52-57-62-67-78(4)5/h78-81,86H,6-77H2,1-5H3,(H,91,92)(H,93,94)/t79-,80+,81+/m0/s1. The number of hydrogen-bond donors (Lipinski definition) is 3. The van der Waals surface area contributed by atoms with Crippen LogP contribution in [0.5, 0.6) is 0 Å². The third-order valence-electron chi connectivity index (χ3n) is 20.0. The lowest BCUT2D eigenvalue weighted by molar-refractivity contribution is -0.161. The Hall–Kier alpha value is -1.94. The van der Waals surface area contributed by atoms with Crippen molar-refractivity contribution < 1.29 is 80.2 Å². The smallest absolute Gasteiger partial charge is 0.462 e. The molecule has 5 atom stereocenters. The van der Waals surface area contributed by atoms with Crippen molar-refractivity contribution in [1.29, 1.82) is 0 Å². The monoisotopic (exact) mass is 1520 g/mol. The number of rotatable bonds is 85. The van der Waals surface area contributed by atoms with Gasteiger partial charge in [0.25, 0.3) is 0 Å². The van der Waals surface area contributed by atoms with Gasteiger partial charge < -0.3 is 33.8 Å². The van der Waals surface area contributed by atoms with Crippen LogP contribution in [0, 0.1) is 5.92 Å². The molecule has 17 nitrogen and oxygen atoms in total. The van der Waals surface area contributed by atoms with Crippen LogP contribution in [0.15, 0.2) is 0 Å². The van der Waals surface area contributed by atoms with Crippen molar-refractivity contribution in [1.82, 2.24) is 0 Å². The van der Waals surface area contributed by atoms with Crippen molar-refractivity contribution in [3.63, 3.8) is 0 Å². The van der Waals surface area contributed by atoms with Crippen molar-refractivity contribution in [2.75, 3.05) is 39.6 Å². The number of aliphatic hydroxyl groups excluding tert-OH is 1. The molecule has 0 aromatic rings. The van der Waals surface area contributed by atoms with Gasteiger partial charge in [0.05, 0.1) is 26.4 Å². The Morgan fingerprint density at radius 2 is 0.442 bits per heavy atom. The summed E-state index contributed by atoms with van der Waals surface area (Å²) in [4.78, 5) is 73.1. The van der Waals surface area contributed by atoms with E-state index in [0.717, 1.165) is 95.8 Å². The molecule has 0 aliphatic carbocycles. The molecule has 0 heterocycles. The summed E-state index contributed by atoms with van der Waals surface area (Å²) >= 11 is 0. The van der Waals surface area contributed by atoms with Gasteiger partial charge >= 0.3 is 39.5 Å². The fraction of sp³-hybridized carbons (Fsp3) is 0.953. The zero-order valence-corrected chi connectivity index (χ0v) is 70.0. The third kappa shape index (κ3) is 78.2. The number of esters is 4. The van der Waals surface area contributed by atoms with Crippen LogP contribution in [0.4, 0.5) is 0 Å². The van der Waals surface area contributed by atoms with Crippen LogP contribution < -0.4 is 0 Å². The third-order valence-corrected chi connectivity index (χ3v) is 21.9. The van der Waals surface area contributed by atoms with E-state index < -0.39 is 97.5 Å². The molecule has 104 heavy (non-hydrogen) atoms. The van der Waals surface area contributed by atoms with Gasteiger partial charge in [-0.2, -0.15) is 0 Å². The molecule has 618 valence electrons. The lowest BCUT2D eigenvalue weighted by atomic mass is 10.0. The molecule has 0 bridgehead atoms. The minimum absolute atomic E-state index is 0.106. The molecule has 0 fully saturated rings. The van der Waals surface area contributed by atoms with Gasteiger partial charge in [-0.25, -0.2) is 9.13 Å². The van der Waals surface area contributed by atoms with Crippen LogP contribution in [0.3, 0.4) is 0 Å². The van der Waals surface area contributed by atoms with Crippen LogP contribution >= 0.6 is 15.6 Å². The summed E-state index contributed by atoms with van der Waals surface area (Å²) in [6.07, 6.45) is 71.1. The second kappa shape index (κ2) is 77.8. The van der Waals surface area contributed by atoms with E-state index in [-0.39, 0.29) is 25.7 Å². The molecule has 0 aliphatic heterocycles. The Balaban J connectivity index is 5.17. The lowest BCUT2D eigenvalue weighted by Gasteiger charge is -2.21. The number of phosphoric acid groups is 2. The van der Waals surface area contributed by atoms with Crippen LogP contribution in [0.25, 0.3) is 0 Å². The maximum Gasteiger partial charge on any atom is 0.472 e. The molecule has 2 unspecified atom stereocenters. The topological polar surface area (TPSA) is 237 Å². The maximum atomic E-state index is 13.1. The number of carbonyl (C=O) groups is 4. The van der Waals surface area contributed by atoms with E-state index in [1.54, 1.807) is 0 Å². The highest BCUT2D eigenvalue weighted by molar-refractivity contribution is 7.47. The summed E-state index contributed by atoms with van der Waals surface area (Å²) in [5, 5.41) is 10.6. The van der Waals surface area contributed by atoms with Gasteiger partial charge in [-0.1, -0.05) is 407 Å². The van der Waals surface area contributed by atoms with Crippen molar-refractivity contribution in [3.05, 3.63) is 0 Å². The highest BCUT2D eigenvalue weighted by Crippen LogP contribution is 2.45. The van der Waals surface area contributed by atoms with E-state index in [0.29, 0.717) is 25.7 Å². The molecule has 0 rings (SSSR count). The van der Waals surface area contributed by atoms with Crippen LogP contribution in [0.1, 0.15) is 458 Å². The first kappa shape index (κ1) is 102. The quantitative estimate of drug-likeness (QED) is 0.0222. The minimum atomic E-state index is -4.96. The number of carbonyl (C=O) groups excluding carboxylic acids is 4. The van der Waals surface area contributed by atoms with E-state index in [2.05, 4.69) is 34.6 Å². The Morgan fingerprint density at radius 3 is 0.654 bits per heavy atom. The van der Waals surface area contributed by atoms with Gasteiger partial charge in [0.1, 0.15) is 19.3 Å². The summed E-state index contributed by atoms with van der Waals surface area (Å²) < 4.78 is 68.8. The molecular formula is C85H166O17P2. The first-order valence-corrected chi connectivity index (χ1v) is 47.1. The van der Waals surface area contributed by atoms with Crippen molar-refractivity contribution in [2.45, 2.75) is 477 Å². The zero-order valence-electron chi connectivity index (χ0n) is 68.2. The average Bonchev–Trinajstić information content (AvgIpc) is 0.908. The summed E-state index contributed by atoms with van der Waals surface area (Å²) in [6, 6.07) is 0. The molecule has 3 N–H and O–H groups in total. The number of ether oxygens (including phenoxy) is 4. The summed E-state index contributed by atoms with van der Waals surface area (Å²) in [5.74, 6) is -1.37. The number of phosphoric ester groups is 2. The fourth-order valence-corrected chi connectivity index (χ4v) is 14.9. The maximum absolute atomic E-state index is 13.1. The molecule has 0 saturated heterocycles. The van der Waals surface area contributed by atoms with Gasteiger partial charge in [0, 0.05) is 25.7 Å². The molecule has 19 heteroatoms. The first-order valence-electron chi connectivity index (χ1n) is 44.1. The number of aliphatic hydroxyl groups is 1. The van der Waals surface area contributed by atoms with Crippen LogP contribution in [-0.2, 0) is 65.4 Å². The predicted molar refractivity (Wildman–Crippen MR) is 428 cm³/mol. The van der Waals surface area contributed by atoms with Crippen LogP contribution in [-0.4, -0.2) is 96.7 Å². The molecule has 0 spiro atoms. The normalized spacial score (nSPS) is 13.8. The molecule has 0 aromatic heterocycles. The Bertz CT molecular complexity index is 1980. The van der Waals surface area contributed by atoms with E-state index in [1.165, 1.54) is 283 Å². The summed E-state index contributed by atoms with van der Waals surface area (Å²) in [7, 11) is -9.92. The second-order valence-electron chi connectivity index (χ2n) is 31.1. The fourth-order valence-electron chi connectivity index (χ4n) is 13.3. The van der Waals surface area contributed by atoms with Gasteiger partial charge in [-0.3, -0.25) is 37.3 Å². The lowest BCUT2D eigenvalue weighted by Crippen LogP contribution is -2.30. The minimum Gasteiger partial charge on any atom is -0.462 e. The Labute approximate surface area is 638 Å². The summed E-state index contributed by atoms with van der Waals surface area (Å²) in [5.41, 5.74) is 0. The number of hydrogen-bond acceptors (Lipinski definition) is 15. The molecule has 0 aliphatic rings. The molecular weight excluding hydrogens is 1350 g/mol. The van der Waals surface area contributed by atoms with E-state index >= 15 is 0 Å². The van der Waals surface area contributed by atoms with E-state index in [9.17, 15) is 43.2 Å². The Morgan fingerprint density at radius 1 is 0.260 bits per heavy atom. The Kier molecular flexibility index (Phi) is 76.3. The first-order chi connectivity index (χ1) is 50.5. The largest absolute Gasteiger partial charge is 0.472 e. The SMILES string of the molecule is CCCCCCCCCCCCCCCCCCCCCCCCC(=O)O[C@H](COC(=O)CCCCCCCCCCCCCCCCCCCCCCC)COP(=O)(O)OC[C@@H](O)COP(=O)(O)OC[C@@H](COC(=O)CCCCCCCCCCC)OC(=O)CCCCCCCCCCCC(C)C. The van der Waals surface area contributed by atoms with E-state index in [4.69, 9.17) is 37.0 Å². The highest BCUT2D eigenvalue weighted by atomic mass is 31.2. The van der Waals surface area contributed by atoms with Gasteiger partial charge in [0.2, 0.25) is 0 Å². The van der Waals surface area contributed by atoms with Crippen molar-refractivity contribution in [2.24, 2.45) is 5.92 Å². The van der Waals surface area contributed by atoms with E-state index in [1.807, 2.05) is 0 Å². The molecule has 0 amide bonds. The van der Waals surface area contributed by atoms with Gasteiger partial charge in [-0.05, 0) is 31.6 Å². The number of unbranched alkanes of at least 4 members (excludes halogenated alkanes) is 57. The van der Waals surface area contributed by atoms with Gasteiger partial charge in [-0.15, -0.1) is 0 Å². The van der Waals surface area contributed by atoms with Crippen molar-refractivity contribution in [3.8, 4) is 0 Å². The highest BCUT2D eigenvalue weighted by Gasteiger charge is 2.30. The van der Waals surface area contributed by atoms with Crippen molar-refractivity contribution >= 4 is 39.5 Å². The molecule has 0 radical (unpaired) electrons. The summed E-state index contributed by atoms with van der Waals surface area (Å²) in [6.45, 7) is 7.30. The zero-order chi connectivity index (χ0) is 76.2. The van der Waals surface area contributed by atoms with Crippen LogP contribution in [0.2, 0.25) is 0 Å². The average molecular weight is 1520 g/mol. The molecule has 0 aromatic carbocycles. The van der Waals surface area contributed by atoms with Gasteiger partial charge in [0.15, 0.2) is 12.2 Å². The molecule has 0 saturated carbocycles.